The quantitative estimate of drug-likeness (QED) is 0.679. The summed E-state index contributed by atoms with van der Waals surface area (Å²) in [6.45, 7) is 0. The molecule has 4 nitrogen and oxygen atoms in total. The fourth-order valence-corrected chi connectivity index (χ4v) is 0.809. The number of nitrogens with two attached hydrogens (primary N) is 2. The first-order valence-corrected chi connectivity index (χ1v) is 4.16. The summed E-state index contributed by atoms with van der Waals surface area (Å²) in [6.07, 6.45) is 0. The summed E-state index contributed by atoms with van der Waals surface area (Å²) in [5.41, 5.74) is 9.70. The van der Waals surface area contributed by atoms with Crippen LogP contribution in [0.15, 0.2) is 0 Å². The zero-order valence-corrected chi connectivity index (χ0v) is 8.05. The van der Waals surface area contributed by atoms with Crippen LogP contribution >= 0.6 is 31.9 Å². The molecule has 0 saturated heterocycles. The summed E-state index contributed by atoms with van der Waals surface area (Å²) >= 11 is 5.77. The number of halogens is 2. The van der Waals surface area contributed by atoms with Crippen molar-refractivity contribution in [3.8, 4) is 0 Å². The second-order valence-electron chi connectivity index (χ2n) is 1.61. The van der Waals surface area contributed by atoms with Gasteiger partial charge in [0.05, 0.1) is 0 Å². The summed E-state index contributed by atoms with van der Waals surface area (Å²) < 4.78 is 0. The largest absolute Gasteiger partial charge is 0.369 e. The summed E-state index contributed by atoms with van der Waals surface area (Å²) in [5.74, 6) is -1.25. The molecule has 0 radical (unpaired) electrons. The first kappa shape index (κ1) is 9.90. The van der Waals surface area contributed by atoms with E-state index in [0.29, 0.717) is 0 Å². The molecule has 0 heterocycles. The van der Waals surface area contributed by atoms with Gasteiger partial charge in [-0.15, -0.1) is 0 Å². The van der Waals surface area contributed by atoms with Gasteiger partial charge in [0.25, 0.3) is 0 Å². The number of hydrogen-bond acceptors (Lipinski definition) is 2. The van der Waals surface area contributed by atoms with Crippen LogP contribution in [0.4, 0.5) is 0 Å². The van der Waals surface area contributed by atoms with E-state index in [2.05, 4.69) is 31.9 Å². The number of hydrogen-bond donors (Lipinski definition) is 2. The minimum Gasteiger partial charge on any atom is -0.369 e. The van der Waals surface area contributed by atoms with Gasteiger partial charge in [-0.25, -0.2) is 0 Å². The van der Waals surface area contributed by atoms with Crippen molar-refractivity contribution in [3.05, 3.63) is 0 Å². The lowest BCUT2D eigenvalue weighted by Gasteiger charge is -2.08. The van der Waals surface area contributed by atoms with Gasteiger partial charge in [0.1, 0.15) is 9.65 Å². The molecule has 0 aromatic heterocycles. The van der Waals surface area contributed by atoms with Gasteiger partial charge in [-0.3, -0.25) is 9.59 Å². The molecule has 0 spiro atoms. The van der Waals surface area contributed by atoms with Gasteiger partial charge in [-0.05, 0) is 0 Å². The van der Waals surface area contributed by atoms with Crippen LogP contribution in [0, 0.1) is 0 Å². The third kappa shape index (κ3) is 2.66. The van der Waals surface area contributed by atoms with E-state index in [4.69, 9.17) is 11.5 Å². The number of primary amides is 2. The third-order valence-electron chi connectivity index (χ3n) is 0.801. The lowest BCUT2D eigenvalue weighted by atomic mass is 10.3. The van der Waals surface area contributed by atoms with E-state index >= 15 is 0 Å². The zero-order valence-electron chi connectivity index (χ0n) is 4.88. The minimum absolute atomic E-state index is 0.624. The first-order chi connectivity index (χ1) is 4.46. The molecule has 0 bridgehead atoms. The van der Waals surface area contributed by atoms with Crippen LogP contribution in [0.3, 0.4) is 0 Å². The van der Waals surface area contributed by atoms with Crippen molar-refractivity contribution in [3.63, 3.8) is 0 Å². The monoisotopic (exact) mass is 272 g/mol. The Morgan fingerprint density at radius 2 is 1.20 bits per heavy atom. The molecule has 0 aliphatic heterocycles. The highest BCUT2D eigenvalue weighted by Crippen LogP contribution is 2.12. The van der Waals surface area contributed by atoms with Gasteiger partial charge in [0.2, 0.25) is 11.8 Å². The average Bonchev–Trinajstić information content (AvgIpc) is 1.84. The number of alkyl halides is 2. The Balaban J connectivity index is 4.07. The van der Waals surface area contributed by atoms with E-state index < -0.39 is 21.5 Å². The second kappa shape index (κ2) is 3.92. The average molecular weight is 274 g/mol. The third-order valence-corrected chi connectivity index (χ3v) is 3.47. The van der Waals surface area contributed by atoms with Crippen LogP contribution in [0.1, 0.15) is 0 Å². The Morgan fingerprint density at radius 1 is 1.00 bits per heavy atom. The molecule has 0 fully saturated rings. The summed E-state index contributed by atoms with van der Waals surface area (Å²) in [5, 5.41) is 0. The van der Waals surface area contributed by atoms with Gasteiger partial charge < -0.3 is 11.5 Å². The van der Waals surface area contributed by atoms with Crippen molar-refractivity contribution in [1.82, 2.24) is 0 Å². The topological polar surface area (TPSA) is 86.2 Å². The lowest BCUT2D eigenvalue weighted by molar-refractivity contribution is -0.122. The van der Waals surface area contributed by atoms with Crippen molar-refractivity contribution in [2.45, 2.75) is 9.65 Å². The van der Waals surface area contributed by atoms with Crippen LogP contribution in [0.2, 0.25) is 0 Å². The highest BCUT2D eigenvalue weighted by Gasteiger charge is 2.25. The Kier molecular flexibility index (Phi) is 3.88. The molecule has 0 aromatic carbocycles. The summed E-state index contributed by atoms with van der Waals surface area (Å²) in [6, 6.07) is 0. The molecule has 2 unspecified atom stereocenters. The zero-order chi connectivity index (χ0) is 8.31. The number of amides is 2. The van der Waals surface area contributed by atoms with Crippen LogP contribution in [-0.2, 0) is 9.59 Å². The van der Waals surface area contributed by atoms with Crippen molar-refractivity contribution in [2.75, 3.05) is 0 Å². The van der Waals surface area contributed by atoms with Gasteiger partial charge in [0.15, 0.2) is 0 Å². The van der Waals surface area contributed by atoms with Crippen LogP contribution < -0.4 is 11.5 Å². The normalized spacial score (nSPS) is 15.8. The standard InChI is InChI=1S/C4H6Br2N2O2/c5-1(3(7)9)2(6)4(8)10/h1-2H,(H2,7,9)(H2,8,10). The predicted molar refractivity (Wildman–Crippen MR) is 43.8 cm³/mol. The fourth-order valence-electron chi connectivity index (χ4n) is 0.288. The molecule has 2 amide bonds. The minimum atomic E-state index is -0.745. The van der Waals surface area contributed by atoms with E-state index in [1.165, 1.54) is 0 Å². The number of rotatable bonds is 3. The molecule has 4 N–H and O–H groups in total. The van der Waals surface area contributed by atoms with E-state index in [9.17, 15) is 9.59 Å². The molecule has 0 aliphatic carbocycles. The molecular weight excluding hydrogens is 268 g/mol. The van der Waals surface area contributed by atoms with Gasteiger partial charge in [0, 0.05) is 0 Å². The fraction of sp³-hybridized carbons (Fsp3) is 0.500. The molecule has 0 saturated carbocycles. The summed E-state index contributed by atoms with van der Waals surface area (Å²) in [7, 11) is 0. The Hall–Kier alpha value is -0.100. The lowest BCUT2D eigenvalue weighted by Crippen LogP contribution is -2.38. The maximum absolute atomic E-state index is 10.4. The van der Waals surface area contributed by atoms with Crippen LogP contribution in [-0.4, -0.2) is 21.5 Å². The van der Waals surface area contributed by atoms with Gasteiger partial charge >= 0.3 is 0 Å². The molecule has 0 rings (SSSR count). The highest BCUT2D eigenvalue weighted by atomic mass is 79.9. The molecular formula is C4H6Br2N2O2. The van der Waals surface area contributed by atoms with Crippen molar-refractivity contribution < 1.29 is 9.59 Å². The van der Waals surface area contributed by atoms with Crippen molar-refractivity contribution in [2.24, 2.45) is 11.5 Å². The van der Waals surface area contributed by atoms with Crippen molar-refractivity contribution in [1.29, 1.82) is 0 Å². The van der Waals surface area contributed by atoms with Crippen molar-refractivity contribution >= 4 is 43.7 Å². The molecule has 2 atom stereocenters. The van der Waals surface area contributed by atoms with Gasteiger partial charge in [-0.2, -0.15) is 0 Å². The van der Waals surface area contributed by atoms with E-state index in [1.807, 2.05) is 0 Å². The maximum atomic E-state index is 10.4. The SMILES string of the molecule is NC(=O)C(Br)C(Br)C(N)=O. The molecule has 58 valence electrons. The molecule has 10 heavy (non-hydrogen) atoms. The molecule has 0 aliphatic rings. The Labute approximate surface area is 74.6 Å². The second-order valence-corrected chi connectivity index (χ2v) is 3.58. The smallest absolute Gasteiger partial charge is 0.232 e. The number of carbonyl (C=O) groups is 2. The van der Waals surface area contributed by atoms with E-state index in [-0.39, 0.29) is 0 Å². The number of carbonyl (C=O) groups excluding carboxylic acids is 2. The summed E-state index contributed by atoms with van der Waals surface area (Å²) in [4.78, 5) is 19.3. The molecule has 0 aromatic rings. The Bertz CT molecular complexity index is 143. The Morgan fingerprint density at radius 3 is 1.30 bits per heavy atom. The predicted octanol–water partition coefficient (Wildman–Crippen LogP) is -0.516. The molecule has 6 heteroatoms. The highest BCUT2D eigenvalue weighted by molar-refractivity contribution is 9.12. The maximum Gasteiger partial charge on any atom is 0.232 e. The van der Waals surface area contributed by atoms with E-state index in [1.54, 1.807) is 0 Å². The van der Waals surface area contributed by atoms with Crippen LogP contribution in [0.5, 0.6) is 0 Å². The first-order valence-electron chi connectivity index (χ1n) is 2.33. The van der Waals surface area contributed by atoms with Crippen LogP contribution in [0.25, 0.3) is 0 Å². The van der Waals surface area contributed by atoms with E-state index in [0.717, 1.165) is 0 Å². The van der Waals surface area contributed by atoms with Gasteiger partial charge in [-0.1, -0.05) is 31.9 Å².